The molecule has 64 valence electrons. The molecule has 0 bridgehead atoms. The van der Waals surface area contributed by atoms with E-state index < -0.39 is 5.97 Å². The Morgan fingerprint density at radius 3 is 2.92 bits per heavy atom. The molecule has 0 saturated heterocycles. The van der Waals surface area contributed by atoms with E-state index >= 15 is 0 Å². The average Bonchev–Trinajstić information content (AvgIpc) is 2.35. The van der Waals surface area contributed by atoms with Crippen LogP contribution in [0.3, 0.4) is 0 Å². The van der Waals surface area contributed by atoms with E-state index in [1.807, 2.05) is 0 Å². The fourth-order valence-electron chi connectivity index (χ4n) is 0.648. The molecule has 0 aliphatic heterocycles. The maximum absolute atomic E-state index is 10.3. The van der Waals surface area contributed by atoms with Gasteiger partial charge in [-0.05, 0) is 6.92 Å². The summed E-state index contributed by atoms with van der Waals surface area (Å²) in [6.07, 6.45) is 1.30. The van der Waals surface area contributed by atoms with Gasteiger partial charge in [0.1, 0.15) is 0 Å². The number of carbonyl (C=O) groups is 1. The molecule has 1 rings (SSSR count). The Morgan fingerprint density at radius 2 is 2.50 bits per heavy atom. The van der Waals surface area contributed by atoms with Crippen molar-refractivity contribution in [3.05, 3.63) is 22.4 Å². The van der Waals surface area contributed by atoms with Gasteiger partial charge in [-0.1, -0.05) is 5.16 Å². The van der Waals surface area contributed by atoms with E-state index in [-0.39, 0.29) is 4.91 Å². The molecule has 0 radical (unpaired) electrons. The van der Waals surface area contributed by atoms with E-state index in [1.54, 1.807) is 13.0 Å². The third-order valence-electron chi connectivity index (χ3n) is 1.14. The van der Waals surface area contributed by atoms with Gasteiger partial charge in [0.15, 0.2) is 5.76 Å². The highest BCUT2D eigenvalue weighted by Gasteiger charge is 2.03. The van der Waals surface area contributed by atoms with Crippen LogP contribution in [0.5, 0.6) is 0 Å². The molecule has 0 aliphatic carbocycles. The van der Waals surface area contributed by atoms with Crippen LogP contribution < -0.4 is 0 Å². The SMILES string of the molecule is Cc1cc(/C=C(\S)C(=O)O)on1. The van der Waals surface area contributed by atoms with Crippen molar-refractivity contribution in [3.8, 4) is 0 Å². The number of hydrogen-bond donors (Lipinski definition) is 2. The molecular weight excluding hydrogens is 178 g/mol. The lowest BCUT2D eigenvalue weighted by atomic mass is 10.3. The summed E-state index contributed by atoms with van der Waals surface area (Å²) in [6.45, 7) is 1.75. The maximum atomic E-state index is 10.3. The zero-order valence-electron chi connectivity index (χ0n) is 6.31. The quantitative estimate of drug-likeness (QED) is 0.539. The fourth-order valence-corrected chi connectivity index (χ4v) is 0.775. The Labute approximate surface area is 74.3 Å². The van der Waals surface area contributed by atoms with Crippen LogP contribution >= 0.6 is 12.6 Å². The van der Waals surface area contributed by atoms with E-state index in [4.69, 9.17) is 9.63 Å². The van der Waals surface area contributed by atoms with E-state index in [1.165, 1.54) is 6.08 Å². The van der Waals surface area contributed by atoms with Gasteiger partial charge >= 0.3 is 5.97 Å². The number of aryl methyl sites for hydroxylation is 1. The van der Waals surface area contributed by atoms with Crippen LogP contribution in [0.1, 0.15) is 11.5 Å². The van der Waals surface area contributed by atoms with Gasteiger partial charge < -0.3 is 9.63 Å². The summed E-state index contributed by atoms with van der Waals surface area (Å²) in [7, 11) is 0. The van der Waals surface area contributed by atoms with Crippen molar-refractivity contribution in [1.29, 1.82) is 0 Å². The van der Waals surface area contributed by atoms with E-state index in [9.17, 15) is 4.79 Å². The molecule has 1 heterocycles. The first-order valence-corrected chi connectivity index (χ1v) is 3.61. The van der Waals surface area contributed by atoms with Crippen LogP contribution in [0, 0.1) is 6.92 Å². The fraction of sp³-hybridized carbons (Fsp3) is 0.143. The van der Waals surface area contributed by atoms with Gasteiger partial charge in [-0.15, -0.1) is 12.6 Å². The molecule has 1 N–H and O–H groups in total. The first kappa shape index (κ1) is 8.86. The van der Waals surface area contributed by atoms with Gasteiger partial charge in [0, 0.05) is 12.1 Å². The first-order chi connectivity index (χ1) is 5.59. The lowest BCUT2D eigenvalue weighted by Gasteiger charge is -1.87. The zero-order valence-corrected chi connectivity index (χ0v) is 7.21. The molecular formula is C7H7NO3S. The molecule has 0 unspecified atom stereocenters. The van der Waals surface area contributed by atoms with Crippen LogP contribution in [-0.4, -0.2) is 16.2 Å². The molecule has 1 aromatic rings. The molecule has 0 atom stereocenters. The van der Waals surface area contributed by atoms with Gasteiger partial charge in [0.25, 0.3) is 0 Å². The van der Waals surface area contributed by atoms with Gasteiger partial charge in [-0.2, -0.15) is 0 Å². The summed E-state index contributed by atoms with van der Waals surface area (Å²) in [5.74, 6) is -0.702. The number of thiol groups is 1. The number of rotatable bonds is 2. The second-order valence-electron chi connectivity index (χ2n) is 2.21. The van der Waals surface area contributed by atoms with Crippen molar-refractivity contribution in [3.63, 3.8) is 0 Å². The standard InChI is InChI=1S/C7H7NO3S/c1-4-2-5(11-8-4)3-6(12)7(9)10/h2-3,12H,1H3,(H,9,10)/b6-3-. The Bertz CT molecular complexity index is 329. The topological polar surface area (TPSA) is 63.3 Å². The Hall–Kier alpha value is -1.23. The summed E-state index contributed by atoms with van der Waals surface area (Å²) in [5.41, 5.74) is 0.702. The number of aliphatic carboxylic acids is 1. The van der Waals surface area contributed by atoms with Crippen LogP contribution in [0.15, 0.2) is 15.5 Å². The monoisotopic (exact) mass is 185 g/mol. The molecule has 4 nitrogen and oxygen atoms in total. The van der Waals surface area contributed by atoms with Gasteiger partial charge in [0.2, 0.25) is 0 Å². The largest absolute Gasteiger partial charge is 0.477 e. The van der Waals surface area contributed by atoms with Crippen molar-refractivity contribution in [2.45, 2.75) is 6.92 Å². The predicted molar refractivity (Wildman–Crippen MR) is 45.8 cm³/mol. The maximum Gasteiger partial charge on any atom is 0.342 e. The number of nitrogens with zero attached hydrogens (tertiary/aromatic N) is 1. The van der Waals surface area contributed by atoms with E-state index in [0.717, 1.165) is 0 Å². The normalized spacial score (nSPS) is 11.7. The van der Waals surface area contributed by atoms with Crippen LogP contribution in [0.4, 0.5) is 0 Å². The Kier molecular flexibility index (Phi) is 2.54. The minimum Gasteiger partial charge on any atom is -0.477 e. The summed E-state index contributed by atoms with van der Waals surface area (Å²) < 4.78 is 4.75. The van der Waals surface area contributed by atoms with Crippen LogP contribution in [0.2, 0.25) is 0 Å². The highest BCUT2D eigenvalue weighted by molar-refractivity contribution is 7.85. The highest BCUT2D eigenvalue weighted by atomic mass is 32.1. The lowest BCUT2D eigenvalue weighted by molar-refractivity contribution is -0.131. The molecule has 1 aromatic heterocycles. The second kappa shape index (κ2) is 3.44. The predicted octanol–water partition coefficient (Wildman–Crippen LogP) is 1.34. The van der Waals surface area contributed by atoms with Gasteiger partial charge in [0.05, 0.1) is 10.6 Å². The third-order valence-corrected chi connectivity index (χ3v) is 1.46. The van der Waals surface area contributed by atoms with E-state index in [0.29, 0.717) is 11.5 Å². The van der Waals surface area contributed by atoms with Crippen molar-refractivity contribution < 1.29 is 14.4 Å². The molecule has 0 fully saturated rings. The van der Waals surface area contributed by atoms with Crippen molar-refractivity contribution in [1.82, 2.24) is 5.16 Å². The van der Waals surface area contributed by atoms with Gasteiger partial charge in [-0.25, -0.2) is 4.79 Å². The summed E-state index contributed by atoms with van der Waals surface area (Å²) >= 11 is 3.72. The van der Waals surface area contributed by atoms with Crippen molar-refractivity contribution >= 4 is 24.7 Å². The molecule has 0 amide bonds. The minimum atomic E-state index is -1.09. The number of hydrogen-bond acceptors (Lipinski definition) is 4. The summed E-state index contributed by atoms with van der Waals surface area (Å²) in [4.78, 5) is 10.2. The van der Waals surface area contributed by atoms with Gasteiger partial charge in [-0.3, -0.25) is 0 Å². The molecule has 0 aromatic carbocycles. The summed E-state index contributed by atoms with van der Waals surface area (Å²) in [6, 6.07) is 1.62. The van der Waals surface area contributed by atoms with Crippen LogP contribution in [0.25, 0.3) is 6.08 Å². The molecule has 0 aliphatic rings. The molecule has 0 saturated carbocycles. The Morgan fingerprint density at radius 1 is 1.83 bits per heavy atom. The van der Waals surface area contributed by atoms with Crippen molar-refractivity contribution in [2.75, 3.05) is 0 Å². The van der Waals surface area contributed by atoms with Crippen LogP contribution in [-0.2, 0) is 4.79 Å². The molecule has 5 heteroatoms. The number of carboxylic acids is 1. The third kappa shape index (κ3) is 2.13. The lowest BCUT2D eigenvalue weighted by Crippen LogP contribution is -1.92. The number of carboxylic acid groups (broad SMARTS) is 1. The van der Waals surface area contributed by atoms with E-state index in [2.05, 4.69) is 17.8 Å². The first-order valence-electron chi connectivity index (χ1n) is 3.17. The molecule has 0 spiro atoms. The smallest absolute Gasteiger partial charge is 0.342 e. The second-order valence-corrected chi connectivity index (χ2v) is 2.69. The Balaban J connectivity index is 2.87. The van der Waals surface area contributed by atoms with Crippen molar-refractivity contribution in [2.24, 2.45) is 0 Å². The summed E-state index contributed by atoms with van der Waals surface area (Å²) in [5, 5.41) is 12.0. The highest BCUT2D eigenvalue weighted by Crippen LogP contribution is 2.10. The minimum absolute atomic E-state index is 0.0776. The molecule has 12 heavy (non-hydrogen) atoms. The number of aromatic nitrogens is 1. The average molecular weight is 185 g/mol. The zero-order chi connectivity index (χ0) is 9.14.